The summed E-state index contributed by atoms with van der Waals surface area (Å²) in [5.74, 6) is -1.18. The Balaban J connectivity index is 1.50. The van der Waals surface area contributed by atoms with E-state index in [1.54, 1.807) is 18.2 Å². The normalized spacial score (nSPS) is 12.0. The van der Waals surface area contributed by atoms with Gasteiger partial charge >= 0.3 is 0 Å². The predicted octanol–water partition coefficient (Wildman–Crippen LogP) is 4.24. The lowest BCUT2D eigenvalue weighted by Gasteiger charge is -2.22. The van der Waals surface area contributed by atoms with E-state index in [0.717, 1.165) is 11.1 Å². The fraction of sp³-hybridized carbons (Fsp3) is 0.206. The smallest absolute Gasteiger partial charge is 0.243 e. The molecule has 0 aliphatic carbocycles. The van der Waals surface area contributed by atoms with Crippen LogP contribution in [-0.4, -0.2) is 29.8 Å². The molecule has 222 valence electrons. The minimum Gasteiger partial charge on any atom is -0.485 e. The highest BCUT2D eigenvalue weighted by molar-refractivity contribution is 5.91. The van der Waals surface area contributed by atoms with Crippen LogP contribution in [0.1, 0.15) is 29.2 Å². The van der Waals surface area contributed by atoms with Gasteiger partial charge in [-0.2, -0.15) is 0 Å². The third-order valence-corrected chi connectivity index (χ3v) is 6.63. The van der Waals surface area contributed by atoms with Crippen molar-refractivity contribution in [3.63, 3.8) is 0 Å². The van der Waals surface area contributed by atoms with Crippen LogP contribution in [0.2, 0.25) is 0 Å². The molecule has 43 heavy (non-hydrogen) atoms. The Morgan fingerprint density at radius 2 is 1.21 bits per heavy atom. The Bertz CT molecular complexity index is 1510. The van der Waals surface area contributed by atoms with Crippen molar-refractivity contribution < 1.29 is 28.2 Å². The molecule has 0 saturated heterocycles. The molecule has 0 fully saturated rings. The molecule has 8 nitrogen and oxygen atoms in total. The molecule has 0 aromatic heterocycles. The van der Waals surface area contributed by atoms with Crippen molar-refractivity contribution >= 4 is 17.7 Å². The topological polar surface area (TPSA) is 120 Å². The molecule has 9 heteroatoms. The van der Waals surface area contributed by atoms with E-state index in [4.69, 9.17) is 15.2 Å². The first-order valence-corrected chi connectivity index (χ1v) is 13.8. The van der Waals surface area contributed by atoms with Crippen LogP contribution in [0.15, 0.2) is 103 Å². The summed E-state index contributed by atoms with van der Waals surface area (Å²) in [5, 5.41) is 5.26. The number of amides is 3. The minimum atomic E-state index is -1.07. The average Bonchev–Trinajstić information content (AvgIpc) is 3.00. The molecule has 0 radical (unpaired) electrons. The van der Waals surface area contributed by atoms with Gasteiger partial charge in [0.2, 0.25) is 17.7 Å². The van der Waals surface area contributed by atoms with Crippen LogP contribution in [0.4, 0.5) is 4.39 Å². The van der Waals surface area contributed by atoms with Crippen LogP contribution in [-0.2, 0) is 40.4 Å². The van der Waals surface area contributed by atoms with Crippen LogP contribution < -0.4 is 25.8 Å². The number of hydrogen-bond donors (Lipinski definition) is 3. The van der Waals surface area contributed by atoms with Gasteiger partial charge in [-0.05, 0) is 46.5 Å². The number of hydrogen-bond acceptors (Lipinski definition) is 5. The van der Waals surface area contributed by atoms with E-state index in [1.165, 1.54) is 31.2 Å². The molecule has 0 saturated carbocycles. The summed E-state index contributed by atoms with van der Waals surface area (Å²) in [6.45, 7) is 1.92. The van der Waals surface area contributed by atoms with Gasteiger partial charge in [-0.1, -0.05) is 78.9 Å². The second-order valence-corrected chi connectivity index (χ2v) is 10.1. The molecule has 3 amide bonds. The molecular weight excluding hydrogens is 549 g/mol. The van der Waals surface area contributed by atoms with Crippen molar-refractivity contribution in [3.8, 4) is 11.5 Å². The van der Waals surface area contributed by atoms with Gasteiger partial charge in [0.25, 0.3) is 0 Å². The lowest BCUT2D eigenvalue weighted by molar-refractivity contribution is -0.130. The molecule has 0 heterocycles. The summed E-state index contributed by atoms with van der Waals surface area (Å²) >= 11 is 0. The number of nitrogens with two attached hydrogens (primary N) is 1. The third kappa shape index (κ3) is 9.71. The highest BCUT2D eigenvalue weighted by Gasteiger charge is 2.26. The zero-order valence-corrected chi connectivity index (χ0v) is 23.8. The number of carbonyl (C=O) groups excluding carboxylic acids is 3. The van der Waals surface area contributed by atoms with Gasteiger partial charge in [0, 0.05) is 19.8 Å². The second-order valence-electron chi connectivity index (χ2n) is 10.1. The molecule has 4 aromatic rings. The first-order valence-electron chi connectivity index (χ1n) is 13.8. The summed E-state index contributed by atoms with van der Waals surface area (Å²) in [5.41, 5.74) is 8.95. The zero-order valence-electron chi connectivity index (χ0n) is 23.8. The maximum Gasteiger partial charge on any atom is 0.243 e. The number of benzene rings is 4. The number of carbonyl (C=O) groups is 3. The molecule has 4 N–H and O–H groups in total. The van der Waals surface area contributed by atoms with E-state index in [9.17, 15) is 18.8 Å². The standard InChI is InChI=1S/C34H34FN3O5/c1-23(39)37-30(18-24-12-15-28(35)16-13-24)34(41)38-29(33(36)40)19-27-14-17-31(42-21-25-8-4-2-5-9-25)32(20-27)43-22-26-10-6-3-7-11-26/h2-17,20,29-30H,18-19,21-22H2,1H3,(H2,36,40)(H,37,39)(H,38,41)/t29-,30+/m1/s1. The summed E-state index contributed by atoms with van der Waals surface area (Å²) in [6, 6.07) is 28.2. The largest absolute Gasteiger partial charge is 0.485 e. The van der Waals surface area contributed by atoms with Crippen LogP contribution in [0.5, 0.6) is 11.5 Å². The van der Waals surface area contributed by atoms with E-state index in [2.05, 4.69) is 10.6 Å². The van der Waals surface area contributed by atoms with Crippen molar-refractivity contribution in [3.05, 3.63) is 131 Å². The highest BCUT2D eigenvalue weighted by Crippen LogP contribution is 2.30. The molecule has 0 bridgehead atoms. The summed E-state index contributed by atoms with van der Waals surface area (Å²) in [7, 11) is 0. The molecular formula is C34H34FN3O5. The lowest BCUT2D eigenvalue weighted by Crippen LogP contribution is -2.54. The quantitative estimate of drug-likeness (QED) is 0.205. The number of primary amides is 1. The number of ether oxygens (including phenoxy) is 2. The fourth-order valence-corrected chi connectivity index (χ4v) is 4.42. The van der Waals surface area contributed by atoms with Crippen LogP contribution in [0.3, 0.4) is 0 Å². The zero-order chi connectivity index (χ0) is 30.6. The Kier molecular flexibility index (Phi) is 10.9. The predicted molar refractivity (Wildman–Crippen MR) is 161 cm³/mol. The van der Waals surface area contributed by atoms with Crippen LogP contribution in [0.25, 0.3) is 0 Å². The fourth-order valence-electron chi connectivity index (χ4n) is 4.42. The molecule has 0 aliphatic rings. The molecule has 4 aromatic carbocycles. The maximum atomic E-state index is 13.4. The highest BCUT2D eigenvalue weighted by atomic mass is 19.1. The summed E-state index contributed by atoms with van der Waals surface area (Å²) in [6.07, 6.45) is 0.174. The van der Waals surface area contributed by atoms with E-state index in [-0.39, 0.29) is 12.8 Å². The molecule has 0 unspecified atom stereocenters. The Labute approximate surface area is 250 Å². The Hall–Kier alpha value is -5.18. The lowest BCUT2D eigenvalue weighted by atomic mass is 10.0. The van der Waals surface area contributed by atoms with E-state index in [1.807, 2.05) is 60.7 Å². The number of rotatable bonds is 14. The van der Waals surface area contributed by atoms with Gasteiger partial charge < -0.3 is 25.8 Å². The molecule has 0 spiro atoms. The van der Waals surface area contributed by atoms with Gasteiger partial charge in [-0.25, -0.2) is 4.39 Å². The van der Waals surface area contributed by atoms with Gasteiger partial charge in [0.05, 0.1) is 0 Å². The van der Waals surface area contributed by atoms with E-state index < -0.39 is 35.6 Å². The van der Waals surface area contributed by atoms with Crippen LogP contribution in [0, 0.1) is 5.82 Å². The van der Waals surface area contributed by atoms with Crippen molar-refractivity contribution in [2.75, 3.05) is 0 Å². The molecule has 0 aliphatic heterocycles. The number of halogens is 1. The van der Waals surface area contributed by atoms with Crippen molar-refractivity contribution in [2.45, 2.75) is 45.1 Å². The van der Waals surface area contributed by atoms with Crippen molar-refractivity contribution in [1.82, 2.24) is 10.6 Å². The van der Waals surface area contributed by atoms with Crippen LogP contribution >= 0.6 is 0 Å². The number of nitrogens with one attached hydrogen (secondary N) is 2. The second kappa shape index (κ2) is 15.2. The summed E-state index contributed by atoms with van der Waals surface area (Å²) in [4.78, 5) is 37.4. The first-order chi connectivity index (χ1) is 20.8. The van der Waals surface area contributed by atoms with E-state index in [0.29, 0.717) is 35.8 Å². The van der Waals surface area contributed by atoms with Gasteiger partial charge in [-0.15, -0.1) is 0 Å². The average molecular weight is 584 g/mol. The maximum absolute atomic E-state index is 13.4. The van der Waals surface area contributed by atoms with Gasteiger partial charge in [-0.3, -0.25) is 14.4 Å². The van der Waals surface area contributed by atoms with Crippen molar-refractivity contribution in [2.24, 2.45) is 5.73 Å². The molecule has 2 atom stereocenters. The minimum absolute atomic E-state index is 0.0745. The van der Waals surface area contributed by atoms with Gasteiger partial charge in [0.1, 0.15) is 31.1 Å². The van der Waals surface area contributed by atoms with Gasteiger partial charge in [0.15, 0.2) is 11.5 Å². The SMILES string of the molecule is CC(=O)N[C@@H](Cc1ccc(F)cc1)C(=O)N[C@H](Cc1ccc(OCc2ccccc2)c(OCc2ccccc2)c1)C(N)=O. The molecule has 4 rings (SSSR count). The third-order valence-electron chi connectivity index (χ3n) is 6.63. The Morgan fingerprint density at radius 1 is 0.674 bits per heavy atom. The van der Waals surface area contributed by atoms with E-state index >= 15 is 0 Å². The Morgan fingerprint density at radius 3 is 1.77 bits per heavy atom. The monoisotopic (exact) mass is 583 g/mol. The summed E-state index contributed by atoms with van der Waals surface area (Å²) < 4.78 is 25.5. The first kappa shape index (κ1) is 30.8. The van der Waals surface area contributed by atoms with Crippen molar-refractivity contribution in [1.29, 1.82) is 0 Å².